The van der Waals surface area contributed by atoms with Crippen molar-refractivity contribution >= 4 is 5.97 Å². The predicted octanol–water partition coefficient (Wildman–Crippen LogP) is 0.963. The predicted molar refractivity (Wildman–Crippen MR) is 27.1 cm³/mol. The molecule has 0 aromatic carbocycles. The molecule has 0 amide bonds. The third-order valence-electron chi connectivity index (χ3n) is 0.492. The molecule has 0 unspecified atom stereocenters. The molecule has 0 aromatic rings. The molecule has 0 radical (unpaired) electrons. The van der Waals surface area contributed by atoms with Crippen LogP contribution in [0.1, 0.15) is 0 Å². The number of nitrogens with one attached hydrogen (secondary N) is 2. The van der Waals surface area contributed by atoms with Gasteiger partial charge in [-0.15, -0.1) is 0 Å². The fourth-order valence-corrected chi connectivity index (χ4v) is 0.183. The van der Waals surface area contributed by atoms with Gasteiger partial charge in [0.05, 0.1) is 0 Å². The first-order chi connectivity index (χ1) is 3.66. The summed E-state index contributed by atoms with van der Waals surface area (Å²) >= 11 is 0. The highest BCUT2D eigenvalue weighted by atomic mass is 19.1. The zero-order valence-corrected chi connectivity index (χ0v) is 4.33. The number of hydrogen-bond donors (Lipinski definition) is 2. The van der Waals surface area contributed by atoms with Gasteiger partial charge in [0.15, 0.2) is 5.95 Å². The van der Waals surface area contributed by atoms with E-state index in [-0.39, 0.29) is 0 Å². The number of allylic oxidation sites excluding steroid dienone is 1. The SMILES string of the molecule is CN/C(F)=C\C(=N)F. The second kappa shape index (κ2) is 3.12. The fourth-order valence-electron chi connectivity index (χ4n) is 0.183. The molecule has 4 heteroatoms. The summed E-state index contributed by atoms with van der Waals surface area (Å²) in [6, 6.07) is 0. The molecule has 0 rings (SSSR count). The second-order valence-corrected chi connectivity index (χ2v) is 1.09. The van der Waals surface area contributed by atoms with Gasteiger partial charge in [0.1, 0.15) is 0 Å². The van der Waals surface area contributed by atoms with Crippen molar-refractivity contribution in [2.24, 2.45) is 0 Å². The van der Waals surface area contributed by atoms with Gasteiger partial charge >= 0.3 is 0 Å². The molecule has 0 bridgehead atoms. The molecule has 0 saturated heterocycles. The maximum absolute atomic E-state index is 11.8. The zero-order valence-electron chi connectivity index (χ0n) is 4.33. The third kappa shape index (κ3) is 3.27. The molecule has 0 aromatic heterocycles. The van der Waals surface area contributed by atoms with Crippen molar-refractivity contribution in [1.29, 1.82) is 5.41 Å². The van der Waals surface area contributed by atoms with Crippen LogP contribution in [-0.4, -0.2) is 13.0 Å². The van der Waals surface area contributed by atoms with Crippen molar-refractivity contribution in [2.45, 2.75) is 0 Å². The second-order valence-electron chi connectivity index (χ2n) is 1.09. The minimum absolute atomic E-state index is 0.444. The lowest BCUT2D eigenvalue weighted by Crippen LogP contribution is -2.01. The van der Waals surface area contributed by atoms with Gasteiger partial charge in [0, 0.05) is 13.1 Å². The lowest BCUT2D eigenvalue weighted by molar-refractivity contribution is 0.572. The lowest BCUT2D eigenvalue weighted by atomic mass is 10.6. The standard InChI is InChI=1S/C4H6F2N2/c1-8-4(6)2-3(5)7/h2,7-8H,1H3/b4-2-,7-3?. The molecule has 0 atom stereocenters. The molecular weight excluding hydrogens is 114 g/mol. The van der Waals surface area contributed by atoms with Gasteiger partial charge in [0.25, 0.3) is 0 Å². The number of halogens is 2. The van der Waals surface area contributed by atoms with Gasteiger partial charge in [-0.2, -0.15) is 8.78 Å². The smallest absolute Gasteiger partial charge is 0.210 e. The van der Waals surface area contributed by atoms with Crippen molar-refractivity contribution in [3.8, 4) is 0 Å². The summed E-state index contributed by atoms with van der Waals surface area (Å²) in [6.45, 7) is 0. The summed E-state index contributed by atoms with van der Waals surface area (Å²) in [5.41, 5.74) is 0. The fraction of sp³-hybridized carbons (Fsp3) is 0.250. The summed E-state index contributed by atoms with van der Waals surface area (Å²) < 4.78 is 23.1. The van der Waals surface area contributed by atoms with E-state index in [2.05, 4.69) is 0 Å². The van der Waals surface area contributed by atoms with Gasteiger partial charge in [0.2, 0.25) is 5.97 Å². The van der Waals surface area contributed by atoms with E-state index < -0.39 is 11.9 Å². The maximum atomic E-state index is 11.8. The Morgan fingerprint density at radius 3 is 2.25 bits per heavy atom. The van der Waals surface area contributed by atoms with Gasteiger partial charge < -0.3 is 5.32 Å². The molecule has 0 aliphatic carbocycles. The van der Waals surface area contributed by atoms with Crippen LogP contribution in [0.5, 0.6) is 0 Å². The minimum atomic E-state index is -1.29. The van der Waals surface area contributed by atoms with Gasteiger partial charge in [-0.05, 0) is 0 Å². The van der Waals surface area contributed by atoms with E-state index in [1.54, 1.807) is 0 Å². The van der Waals surface area contributed by atoms with Crippen LogP contribution in [0.4, 0.5) is 8.78 Å². The van der Waals surface area contributed by atoms with Crippen LogP contribution in [0.3, 0.4) is 0 Å². The Labute approximate surface area is 45.7 Å². The molecule has 0 heterocycles. The Morgan fingerprint density at radius 2 is 2.12 bits per heavy atom. The number of rotatable bonds is 2. The highest BCUT2D eigenvalue weighted by Gasteiger charge is 1.89. The summed E-state index contributed by atoms with van der Waals surface area (Å²) in [5, 5.41) is 8.11. The minimum Gasteiger partial charge on any atom is -0.365 e. The quantitative estimate of drug-likeness (QED) is 0.413. The Hall–Kier alpha value is -0.930. The van der Waals surface area contributed by atoms with Gasteiger partial charge in [-0.25, -0.2) is 0 Å². The van der Waals surface area contributed by atoms with Crippen molar-refractivity contribution in [2.75, 3.05) is 7.05 Å². The zero-order chi connectivity index (χ0) is 6.57. The molecule has 0 aliphatic rings. The lowest BCUT2D eigenvalue weighted by Gasteiger charge is -1.88. The highest BCUT2D eigenvalue weighted by molar-refractivity contribution is 5.83. The van der Waals surface area contributed by atoms with Crippen molar-refractivity contribution in [1.82, 2.24) is 5.32 Å². The van der Waals surface area contributed by atoms with Crippen LogP contribution in [-0.2, 0) is 0 Å². The van der Waals surface area contributed by atoms with E-state index in [1.807, 2.05) is 5.32 Å². The van der Waals surface area contributed by atoms with E-state index in [1.165, 1.54) is 7.05 Å². The summed E-state index contributed by atoms with van der Waals surface area (Å²) in [7, 11) is 1.30. The third-order valence-corrected chi connectivity index (χ3v) is 0.492. The number of hydrogen-bond acceptors (Lipinski definition) is 2. The molecule has 0 spiro atoms. The molecule has 2 nitrogen and oxygen atoms in total. The van der Waals surface area contributed by atoms with E-state index in [0.717, 1.165) is 0 Å². The first-order valence-electron chi connectivity index (χ1n) is 1.96. The van der Waals surface area contributed by atoms with Crippen LogP contribution in [0.15, 0.2) is 12.0 Å². The van der Waals surface area contributed by atoms with Gasteiger partial charge in [-0.1, -0.05) is 0 Å². The van der Waals surface area contributed by atoms with Gasteiger partial charge in [-0.3, -0.25) is 5.41 Å². The van der Waals surface area contributed by atoms with Crippen LogP contribution in [0, 0.1) is 5.41 Å². The highest BCUT2D eigenvalue weighted by Crippen LogP contribution is 1.88. The van der Waals surface area contributed by atoms with Crippen LogP contribution in [0.25, 0.3) is 0 Å². The first-order valence-corrected chi connectivity index (χ1v) is 1.96. The molecule has 2 N–H and O–H groups in total. The Balaban J connectivity index is 3.75. The van der Waals surface area contributed by atoms with E-state index in [4.69, 9.17) is 5.41 Å². The summed E-state index contributed by atoms with van der Waals surface area (Å²) in [4.78, 5) is 0. The first kappa shape index (κ1) is 7.07. The average molecular weight is 120 g/mol. The topological polar surface area (TPSA) is 35.9 Å². The Kier molecular flexibility index (Phi) is 2.76. The molecule has 0 fully saturated rings. The molecule has 46 valence electrons. The monoisotopic (exact) mass is 120 g/mol. The Bertz CT molecular complexity index is 119. The van der Waals surface area contributed by atoms with Crippen LogP contribution >= 0.6 is 0 Å². The average Bonchev–Trinajstić information content (AvgIpc) is 1.65. The van der Waals surface area contributed by atoms with Crippen molar-refractivity contribution in [3.05, 3.63) is 12.0 Å². The molecule has 0 aliphatic heterocycles. The molecule has 8 heavy (non-hydrogen) atoms. The van der Waals surface area contributed by atoms with Crippen molar-refractivity contribution in [3.63, 3.8) is 0 Å². The van der Waals surface area contributed by atoms with Crippen molar-refractivity contribution < 1.29 is 8.78 Å². The Morgan fingerprint density at radius 1 is 1.62 bits per heavy atom. The molecular formula is C4H6F2N2. The summed E-state index contributed by atoms with van der Waals surface area (Å²) in [6.07, 6.45) is 0.444. The normalized spacial score (nSPS) is 11.1. The van der Waals surface area contributed by atoms with E-state index in [9.17, 15) is 8.78 Å². The van der Waals surface area contributed by atoms with E-state index >= 15 is 0 Å². The van der Waals surface area contributed by atoms with Crippen LogP contribution in [0.2, 0.25) is 0 Å². The maximum Gasteiger partial charge on any atom is 0.210 e. The van der Waals surface area contributed by atoms with Crippen LogP contribution < -0.4 is 5.32 Å². The summed E-state index contributed by atoms with van der Waals surface area (Å²) in [5.74, 6) is -2.14. The largest absolute Gasteiger partial charge is 0.365 e. The van der Waals surface area contributed by atoms with E-state index in [0.29, 0.717) is 6.08 Å². The molecule has 0 saturated carbocycles.